The third-order valence-electron chi connectivity index (χ3n) is 1.50. The molecule has 3 N–H and O–H groups in total. The summed E-state index contributed by atoms with van der Waals surface area (Å²) in [5.41, 5.74) is 0. The Balaban J connectivity index is 0. The van der Waals surface area contributed by atoms with Crippen molar-refractivity contribution in [2.24, 2.45) is 0 Å². The zero-order valence-corrected chi connectivity index (χ0v) is 8.75. The first kappa shape index (κ1) is 15.3. The molecule has 1 rings (SSSR count). The van der Waals surface area contributed by atoms with Crippen molar-refractivity contribution in [3.8, 4) is 0 Å². The molecule has 0 atom stereocenters. The largest absolute Gasteiger partial charge is 0.466 e. The lowest BCUT2D eigenvalue weighted by Gasteiger charge is -2.05. The van der Waals surface area contributed by atoms with Crippen LogP contribution in [0.3, 0.4) is 0 Å². The maximum atomic E-state index is 8.88. The zero-order valence-electron chi connectivity index (χ0n) is 7.85. The van der Waals surface area contributed by atoms with Crippen LogP contribution in [0.1, 0.15) is 38.5 Å². The fraction of sp³-hybridized carbons (Fsp3) is 0.750. The van der Waals surface area contributed by atoms with Crippen molar-refractivity contribution < 1.29 is 19.2 Å². The second-order valence-electron chi connectivity index (χ2n) is 2.63. The molecular formula is C8H19O4P. The first-order chi connectivity index (χ1) is 6.00. The van der Waals surface area contributed by atoms with Gasteiger partial charge in [0.15, 0.2) is 0 Å². The van der Waals surface area contributed by atoms with Gasteiger partial charge in [-0.15, -0.1) is 13.2 Å². The average molecular weight is 210 g/mol. The van der Waals surface area contributed by atoms with Crippen LogP contribution in [-0.2, 0) is 4.57 Å². The quantitative estimate of drug-likeness (QED) is 0.423. The Hall–Kier alpha value is -0.150. The lowest BCUT2D eigenvalue weighted by Crippen LogP contribution is -1.85. The smallest absolute Gasteiger partial charge is 0.303 e. The maximum absolute atomic E-state index is 8.88. The molecule has 1 fully saturated rings. The Morgan fingerprint density at radius 3 is 0.923 bits per heavy atom. The molecule has 0 aromatic carbocycles. The van der Waals surface area contributed by atoms with Crippen molar-refractivity contribution in [1.82, 2.24) is 0 Å². The van der Waals surface area contributed by atoms with Gasteiger partial charge in [0.1, 0.15) is 0 Å². The monoisotopic (exact) mass is 210 g/mol. The summed E-state index contributed by atoms with van der Waals surface area (Å²) >= 11 is 0. The van der Waals surface area contributed by atoms with Gasteiger partial charge in [-0.1, -0.05) is 38.5 Å². The van der Waals surface area contributed by atoms with Gasteiger partial charge in [-0.25, -0.2) is 4.57 Å². The summed E-state index contributed by atoms with van der Waals surface area (Å²) in [6.45, 7) is 6.00. The highest BCUT2D eigenvalue weighted by Gasteiger charge is 2.00. The van der Waals surface area contributed by atoms with Crippen LogP contribution in [0, 0.1) is 0 Å². The fourth-order valence-corrected chi connectivity index (χ4v) is 1.06. The third kappa shape index (κ3) is 33.6. The van der Waals surface area contributed by atoms with Crippen LogP contribution >= 0.6 is 7.82 Å². The van der Waals surface area contributed by atoms with Gasteiger partial charge in [0.05, 0.1) is 0 Å². The lowest BCUT2D eigenvalue weighted by molar-refractivity contribution is 0.275. The van der Waals surface area contributed by atoms with Gasteiger partial charge in [0.2, 0.25) is 0 Å². The van der Waals surface area contributed by atoms with Gasteiger partial charge in [0, 0.05) is 0 Å². The summed E-state index contributed by atoms with van der Waals surface area (Å²) in [7, 11) is -4.64. The Bertz CT molecular complexity index is 119. The second-order valence-corrected chi connectivity index (χ2v) is 3.66. The van der Waals surface area contributed by atoms with Crippen molar-refractivity contribution >= 4 is 7.82 Å². The van der Waals surface area contributed by atoms with Crippen LogP contribution in [-0.4, -0.2) is 14.7 Å². The lowest BCUT2D eigenvalue weighted by atomic mass is 10.0. The van der Waals surface area contributed by atoms with E-state index in [0.717, 1.165) is 0 Å². The summed E-state index contributed by atoms with van der Waals surface area (Å²) < 4.78 is 8.88. The van der Waals surface area contributed by atoms with Crippen molar-refractivity contribution in [3.63, 3.8) is 0 Å². The Morgan fingerprint density at radius 1 is 0.769 bits per heavy atom. The number of hydrogen-bond acceptors (Lipinski definition) is 1. The predicted octanol–water partition coefficient (Wildman–Crippen LogP) is 2.21. The van der Waals surface area contributed by atoms with Crippen molar-refractivity contribution in [3.05, 3.63) is 13.2 Å². The first-order valence-electron chi connectivity index (χ1n) is 4.28. The van der Waals surface area contributed by atoms with Crippen LogP contribution in [0.5, 0.6) is 0 Å². The Labute approximate surface area is 79.5 Å². The molecule has 0 aromatic heterocycles. The molecule has 13 heavy (non-hydrogen) atoms. The summed E-state index contributed by atoms with van der Waals surface area (Å²) in [6, 6.07) is 0. The van der Waals surface area contributed by atoms with Gasteiger partial charge in [-0.2, -0.15) is 0 Å². The molecule has 0 saturated heterocycles. The molecular weight excluding hydrogens is 191 g/mol. The SMILES string of the molecule is C1CCCCC1.C=C.O=P(O)(O)O. The van der Waals surface area contributed by atoms with Crippen LogP contribution in [0.2, 0.25) is 0 Å². The van der Waals surface area contributed by atoms with E-state index >= 15 is 0 Å². The minimum absolute atomic E-state index is 1.50. The standard InChI is InChI=1S/C6H12.C2H4.H3O4P/c1-2-4-6-5-3-1;1-2;1-5(2,3)4/h1-6H2;1-2H2;(H3,1,2,3,4). The zero-order chi connectivity index (χ0) is 10.7. The van der Waals surface area contributed by atoms with Crippen LogP contribution < -0.4 is 0 Å². The van der Waals surface area contributed by atoms with Crippen LogP contribution in [0.4, 0.5) is 0 Å². The minimum Gasteiger partial charge on any atom is -0.303 e. The molecule has 0 aromatic rings. The molecule has 0 spiro atoms. The van der Waals surface area contributed by atoms with E-state index in [1.165, 1.54) is 38.5 Å². The van der Waals surface area contributed by atoms with E-state index in [0.29, 0.717) is 0 Å². The van der Waals surface area contributed by atoms with Crippen molar-refractivity contribution in [2.45, 2.75) is 38.5 Å². The van der Waals surface area contributed by atoms with Crippen molar-refractivity contribution in [1.29, 1.82) is 0 Å². The topological polar surface area (TPSA) is 77.8 Å². The Kier molecular flexibility index (Phi) is 11.7. The van der Waals surface area contributed by atoms with E-state index in [1.54, 1.807) is 0 Å². The number of hydrogen-bond donors (Lipinski definition) is 3. The average Bonchev–Trinajstić information content (AvgIpc) is 2.08. The Morgan fingerprint density at radius 2 is 0.846 bits per heavy atom. The summed E-state index contributed by atoms with van der Waals surface area (Å²) in [6.07, 6.45) is 9.00. The summed E-state index contributed by atoms with van der Waals surface area (Å²) in [4.78, 5) is 21.6. The van der Waals surface area contributed by atoms with Gasteiger partial charge in [0.25, 0.3) is 0 Å². The molecule has 5 heteroatoms. The third-order valence-corrected chi connectivity index (χ3v) is 1.50. The van der Waals surface area contributed by atoms with E-state index in [-0.39, 0.29) is 0 Å². The van der Waals surface area contributed by atoms with Gasteiger partial charge < -0.3 is 14.7 Å². The summed E-state index contributed by atoms with van der Waals surface area (Å²) in [5.74, 6) is 0. The van der Waals surface area contributed by atoms with E-state index in [9.17, 15) is 0 Å². The molecule has 0 heterocycles. The first-order valence-corrected chi connectivity index (χ1v) is 5.85. The molecule has 1 saturated carbocycles. The molecule has 4 nitrogen and oxygen atoms in total. The van der Waals surface area contributed by atoms with E-state index in [2.05, 4.69) is 13.2 Å². The molecule has 0 amide bonds. The summed E-state index contributed by atoms with van der Waals surface area (Å²) in [5, 5.41) is 0. The highest BCUT2D eigenvalue weighted by atomic mass is 31.2. The van der Waals surface area contributed by atoms with E-state index in [4.69, 9.17) is 19.2 Å². The molecule has 80 valence electrons. The van der Waals surface area contributed by atoms with Gasteiger partial charge in [-0.05, 0) is 0 Å². The molecule has 0 unspecified atom stereocenters. The van der Waals surface area contributed by atoms with E-state index < -0.39 is 7.82 Å². The fourth-order valence-electron chi connectivity index (χ4n) is 1.06. The molecule has 1 aliphatic carbocycles. The highest BCUT2D eigenvalue weighted by Crippen LogP contribution is 2.25. The molecule has 0 aliphatic heterocycles. The van der Waals surface area contributed by atoms with Gasteiger partial charge in [-0.3, -0.25) is 0 Å². The van der Waals surface area contributed by atoms with Crippen LogP contribution in [0.25, 0.3) is 0 Å². The maximum Gasteiger partial charge on any atom is 0.466 e. The molecule has 1 aliphatic rings. The minimum atomic E-state index is -4.64. The predicted molar refractivity (Wildman–Crippen MR) is 53.2 cm³/mol. The van der Waals surface area contributed by atoms with Gasteiger partial charge >= 0.3 is 7.82 Å². The highest BCUT2D eigenvalue weighted by molar-refractivity contribution is 7.45. The van der Waals surface area contributed by atoms with Crippen LogP contribution in [0.15, 0.2) is 13.2 Å². The van der Waals surface area contributed by atoms with Crippen molar-refractivity contribution in [2.75, 3.05) is 0 Å². The molecule has 0 radical (unpaired) electrons. The number of phosphoric acid groups is 1. The number of rotatable bonds is 0. The molecule has 0 bridgehead atoms. The second kappa shape index (κ2) is 9.93. The normalized spacial score (nSPS) is 15.9. The van der Waals surface area contributed by atoms with E-state index in [1.807, 2.05) is 0 Å².